The van der Waals surface area contributed by atoms with Crippen LogP contribution in [0.15, 0.2) is 0 Å². The summed E-state index contributed by atoms with van der Waals surface area (Å²) < 4.78 is 0. The number of rotatable bonds is 4. The van der Waals surface area contributed by atoms with E-state index in [1.54, 1.807) is 0 Å². The average molecular weight is 172 g/mol. The van der Waals surface area contributed by atoms with Gasteiger partial charge in [-0.05, 0) is 29.5 Å². The maximum absolute atomic E-state index is 5.22. The lowest BCUT2D eigenvalue weighted by molar-refractivity contribution is 0.386. The predicted octanol–water partition coefficient (Wildman–Crippen LogP) is 3.98. The molecular formula is C10H20S. The van der Waals surface area contributed by atoms with Crippen molar-refractivity contribution in [1.29, 1.82) is 0 Å². The lowest BCUT2D eigenvalue weighted by Crippen LogP contribution is -2.07. The molecule has 0 aromatic heterocycles. The molecule has 0 rings (SSSR count). The lowest BCUT2D eigenvalue weighted by Gasteiger charge is -2.17. The Morgan fingerprint density at radius 3 is 2.09 bits per heavy atom. The first-order valence-corrected chi connectivity index (χ1v) is 4.88. The molecule has 0 aliphatic carbocycles. The molecule has 0 heterocycles. The highest BCUT2D eigenvalue weighted by atomic mass is 32.1. The second kappa shape index (κ2) is 4.87. The van der Waals surface area contributed by atoms with Gasteiger partial charge in [-0.1, -0.05) is 46.3 Å². The summed E-state index contributed by atoms with van der Waals surface area (Å²) in [4.78, 5) is 1.25. The van der Waals surface area contributed by atoms with Gasteiger partial charge in [0.1, 0.15) is 0 Å². The third kappa shape index (κ3) is 7.99. The highest BCUT2D eigenvalue weighted by Gasteiger charge is 2.10. The van der Waals surface area contributed by atoms with Crippen LogP contribution >= 0.6 is 12.2 Å². The Bertz CT molecular complexity index is 119. The Kier molecular flexibility index (Phi) is 4.91. The van der Waals surface area contributed by atoms with E-state index in [0.29, 0.717) is 5.41 Å². The van der Waals surface area contributed by atoms with Crippen LogP contribution in [0, 0.1) is 5.41 Å². The van der Waals surface area contributed by atoms with Crippen LogP contribution < -0.4 is 0 Å². The van der Waals surface area contributed by atoms with Crippen LogP contribution in [0.25, 0.3) is 0 Å². The molecule has 0 fully saturated rings. The molecule has 0 unspecified atom stereocenters. The van der Waals surface area contributed by atoms with E-state index in [1.165, 1.54) is 17.7 Å². The summed E-state index contributed by atoms with van der Waals surface area (Å²) in [5.41, 5.74) is 0.442. The van der Waals surface area contributed by atoms with Crippen LogP contribution in [0.4, 0.5) is 0 Å². The van der Waals surface area contributed by atoms with E-state index in [4.69, 9.17) is 12.2 Å². The number of hydrogen-bond donors (Lipinski definition) is 0. The first-order valence-electron chi connectivity index (χ1n) is 4.47. The molecule has 0 amide bonds. The fraction of sp³-hybridized carbons (Fsp3) is 0.900. The summed E-state index contributed by atoms with van der Waals surface area (Å²) in [5, 5.41) is 0. The first kappa shape index (κ1) is 11.1. The first-order chi connectivity index (χ1) is 4.95. The van der Waals surface area contributed by atoms with Gasteiger partial charge in [0.2, 0.25) is 0 Å². The third-order valence-corrected chi connectivity index (χ3v) is 2.09. The van der Waals surface area contributed by atoms with Crippen molar-refractivity contribution in [1.82, 2.24) is 0 Å². The van der Waals surface area contributed by atoms with Crippen LogP contribution in [-0.2, 0) is 0 Å². The highest BCUT2D eigenvalue weighted by molar-refractivity contribution is 7.80. The monoisotopic (exact) mass is 172 g/mol. The third-order valence-electron chi connectivity index (χ3n) is 1.68. The second-order valence-electron chi connectivity index (χ2n) is 4.35. The van der Waals surface area contributed by atoms with Crippen molar-refractivity contribution in [3.8, 4) is 0 Å². The summed E-state index contributed by atoms with van der Waals surface area (Å²) in [5.74, 6) is 0. The predicted molar refractivity (Wildman–Crippen MR) is 56.2 cm³/mol. The normalized spacial score (nSPS) is 11.6. The van der Waals surface area contributed by atoms with Gasteiger partial charge in [-0.2, -0.15) is 0 Å². The van der Waals surface area contributed by atoms with Crippen molar-refractivity contribution < 1.29 is 0 Å². The van der Waals surface area contributed by atoms with Gasteiger partial charge in [-0.15, -0.1) is 0 Å². The van der Waals surface area contributed by atoms with Crippen LogP contribution in [0.1, 0.15) is 53.4 Å². The summed E-state index contributed by atoms with van der Waals surface area (Å²) >= 11 is 5.22. The van der Waals surface area contributed by atoms with Crippen LogP contribution in [0.5, 0.6) is 0 Å². The van der Waals surface area contributed by atoms with Crippen molar-refractivity contribution in [3.05, 3.63) is 0 Å². The zero-order valence-corrected chi connectivity index (χ0v) is 9.05. The molecule has 0 aliphatic heterocycles. The molecule has 0 saturated heterocycles. The van der Waals surface area contributed by atoms with Crippen molar-refractivity contribution in [2.24, 2.45) is 5.41 Å². The number of hydrogen-bond acceptors (Lipinski definition) is 1. The van der Waals surface area contributed by atoms with Gasteiger partial charge in [-0.3, -0.25) is 0 Å². The van der Waals surface area contributed by atoms with E-state index in [9.17, 15) is 0 Å². The summed E-state index contributed by atoms with van der Waals surface area (Å²) in [7, 11) is 0. The molecule has 0 aromatic rings. The molecule has 0 nitrogen and oxygen atoms in total. The molecule has 0 N–H and O–H groups in total. The largest absolute Gasteiger partial charge is 0.0897 e. The quantitative estimate of drug-likeness (QED) is 0.578. The molecule has 11 heavy (non-hydrogen) atoms. The van der Waals surface area contributed by atoms with Crippen LogP contribution in [0.3, 0.4) is 0 Å². The minimum absolute atomic E-state index is 0.442. The molecule has 0 bridgehead atoms. The summed E-state index contributed by atoms with van der Waals surface area (Å²) in [6, 6.07) is 0. The van der Waals surface area contributed by atoms with Crippen molar-refractivity contribution in [2.45, 2.75) is 53.4 Å². The summed E-state index contributed by atoms with van der Waals surface area (Å²) in [6.07, 6.45) is 4.69. The van der Waals surface area contributed by atoms with Crippen LogP contribution in [-0.4, -0.2) is 4.86 Å². The van der Waals surface area contributed by atoms with Gasteiger partial charge >= 0.3 is 0 Å². The van der Waals surface area contributed by atoms with Gasteiger partial charge in [0, 0.05) is 0 Å². The maximum Gasteiger partial charge on any atom is -0.00714 e. The second-order valence-corrected chi connectivity index (χ2v) is 4.93. The Labute approximate surface area is 76.4 Å². The van der Waals surface area contributed by atoms with E-state index in [-0.39, 0.29) is 0 Å². The zero-order chi connectivity index (χ0) is 8.91. The highest BCUT2D eigenvalue weighted by Crippen LogP contribution is 2.21. The smallest absolute Gasteiger partial charge is 0.00714 e. The fourth-order valence-corrected chi connectivity index (χ4v) is 1.22. The molecule has 0 radical (unpaired) electrons. The summed E-state index contributed by atoms with van der Waals surface area (Å²) in [6.45, 7) is 8.98. The van der Waals surface area contributed by atoms with E-state index in [0.717, 1.165) is 12.8 Å². The average Bonchev–Trinajstić information content (AvgIpc) is 1.83. The fourth-order valence-electron chi connectivity index (χ4n) is 0.918. The van der Waals surface area contributed by atoms with E-state index < -0.39 is 0 Å². The SMILES string of the molecule is CCCC(=S)CCC(C)(C)C. The van der Waals surface area contributed by atoms with E-state index in [1.807, 2.05) is 0 Å². The lowest BCUT2D eigenvalue weighted by atomic mass is 9.89. The molecule has 0 aliphatic rings. The Hall–Kier alpha value is 0.0900. The maximum atomic E-state index is 5.22. The van der Waals surface area contributed by atoms with E-state index >= 15 is 0 Å². The molecule has 1 heteroatoms. The standard InChI is InChI=1S/C10H20S/c1-5-6-9(11)7-8-10(2,3)4/h5-8H2,1-4H3. The molecular weight excluding hydrogens is 152 g/mol. The Balaban J connectivity index is 3.46. The molecule has 0 atom stereocenters. The molecule has 0 spiro atoms. The van der Waals surface area contributed by atoms with Gasteiger partial charge in [-0.25, -0.2) is 0 Å². The van der Waals surface area contributed by atoms with Gasteiger partial charge < -0.3 is 0 Å². The molecule has 0 saturated carbocycles. The Morgan fingerprint density at radius 2 is 1.73 bits per heavy atom. The van der Waals surface area contributed by atoms with Crippen molar-refractivity contribution >= 4 is 17.1 Å². The topological polar surface area (TPSA) is 0 Å². The van der Waals surface area contributed by atoms with Gasteiger partial charge in [0.25, 0.3) is 0 Å². The number of thiocarbonyl (C=S) groups is 1. The van der Waals surface area contributed by atoms with Crippen molar-refractivity contribution in [2.75, 3.05) is 0 Å². The van der Waals surface area contributed by atoms with E-state index in [2.05, 4.69) is 27.7 Å². The minimum atomic E-state index is 0.442. The van der Waals surface area contributed by atoms with Gasteiger partial charge in [0.15, 0.2) is 0 Å². The zero-order valence-electron chi connectivity index (χ0n) is 8.24. The van der Waals surface area contributed by atoms with Crippen LogP contribution in [0.2, 0.25) is 0 Å². The Morgan fingerprint density at radius 1 is 1.18 bits per heavy atom. The van der Waals surface area contributed by atoms with Crippen molar-refractivity contribution in [3.63, 3.8) is 0 Å². The molecule has 0 aromatic carbocycles. The molecule has 66 valence electrons. The van der Waals surface area contributed by atoms with Gasteiger partial charge in [0.05, 0.1) is 0 Å². The minimum Gasteiger partial charge on any atom is -0.0897 e.